The molecule has 0 aliphatic carbocycles. The van der Waals surface area contributed by atoms with Gasteiger partial charge in [-0.05, 0) is 18.6 Å². The Morgan fingerprint density at radius 3 is 2.88 bits per heavy atom. The van der Waals surface area contributed by atoms with E-state index in [1.807, 2.05) is 19.1 Å². The number of oxazole rings is 1. The zero-order chi connectivity index (χ0) is 12.4. The summed E-state index contributed by atoms with van der Waals surface area (Å²) in [6, 6.07) is 5.51. The van der Waals surface area contributed by atoms with Crippen LogP contribution in [0.2, 0.25) is 5.02 Å². The number of aryl methyl sites for hydroxylation is 1. The van der Waals surface area contributed by atoms with E-state index < -0.39 is 5.97 Å². The van der Waals surface area contributed by atoms with Crippen molar-refractivity contribution in [2.24, 2.45) is 0 Å². The third-order valence-corrected chi connectivity index (χ3v) is 2.49. The number of hydrogen-bond donors (Lipinski definition) is 2. The predicted molar refractivity (Wildman–Crippen MR) is 62.9 cm³/mol. The number of carbonyl (C=O) groups is 1. The topological polar surface area (TPSA) is 75.4 Å². The van der Waals surface area contributed by atoms with Gasteiger partial charge in [0.05, 0.1) is 10.7 Å². The lowest BCUT2D eigenvalue weighted by atomic mass is 10.2. The number of nitrogens with one attached hydrogen (secondary N) is 1. The van der Waals surface area contributed by atoms with Crippen molar-refractivity contribution >= 4 is 29.3 Å². The zero-order valence-electron chi connectivity index (χ0n) is 8.90. The fourth-order valence-electron chi connectivity index (χ4n) is 1.33. The fourth-order valence-corrected chi connectivity index (χ4v) is 1.60. The molecule has 2 rings (SSSR count). The van der Waals surface area contributed by atoms with E-state index >= 15 is 0 Å². The maximum atomic E-state index is 10.6. The van der Waals surface area contributed by atoms with Crippen molar-refractivity contribution < 1.29 is 14.3 Å². The van der Waals surface area contributed by atoms with E-state index in [-0.39, 0.29) is 11.7 Å². The van der Waals surface area contributed by atoms with Crippen LogP contribution in [0.25, 0.3) is 0 Å². The molecule has 5 nitrogen and oxygen atoms in total. The molecule has 0 unspecified atom stereocenters. The number of hydrogen-bond acceptors (Lipinski definition) is 4. The molecule has 0 saturated carbocycles. The van der Waals surface area contributed by atoms with Crippen molar-refractivity contribution in [3.63, 3.8) is 0 Å². The quantitative estimate of drug-likeness (QED) is 0.878. The Balaban J connectivity index is 2.28. The van der Waals surface area contributed by atoms with Crippen molar-refractivity contribution in [2.75, 3.05) is 5.32 Å². The molecule has 1 aromatic heterocycles. The van der Waals surface area contributed by atoms with Gasteiger partial charge in [0.15, 0.2) is 5.69 Å². The molecule has 1 heterocycles. The highest BCUT2D eigenvalue weighted by Crippen LogP contribution is 2.28. The van der Waals surface area contributed by atoms with Crippen molar-refractivity contribution in [2.45, 2.75) is 6.92 Å². The van der Waals surface area contributed by atoms with Crippen molar-refractivity contribution in [3.8, 4) is 0 Å². The van der Waals surface area contributed by atoms with Crippen LogP contribution in [0.5, 0.6) is 0 Å². The van der Waals surface area contributed by atoms with Crippen LogP contribution in [-0.2, 0) is 0 Å². The molecule has 0 saturated heterocycles. The number of anilines is 2. The normalized spacial score (nSPS) is 10.2. The smallest absolute Gasteiger partial charge is 0.357 e. The highest BCUT2D eigenvalue weighted by Gasteiger charge is 2.12. The molecule has 1 aromatic carbocycles. The average Bonchev–Trinajstić information content (AvgIpc) is 2.72. The van der Waals surface area contributed by atoms with E-state index in [0.717, 1.165) is 11.8 Å². The molecule has 0 aliphatic rings. The van der Waals surface area contributed by atoms with E-state index in [4.69, 9.17) is 21.1 Å². The molecular weight excluding hydrogens is 244 g/mol. The van der Waals surface area contributed by atoms with Crippen molar-refractivity contribution in [1.82, 2.24) is 4.98 Å². The van der Waals surface area contributed by atoms with Crippen LogP contribution in [0.4, 0.5) is 11.7 Å². The number of aromatic carboxylic acids is 1. The maximum Gasteiger partial charge on any atom is 0.357 e. The lowest BCUT2D eigenvalue weighted by molar-refractivity contribution is 0.0690. The summed E-state index contributed by atoms with van der Waals surface area (Å²) in [5.74, 6) is -1.14. The van der Waals surface area contributed by atoms with E-state index in [2.05, 4.69) is 10.3 Å². The second kappa shape index (κ2) is 4.47. The van der Waals surface area contributed by atoms with Gasteiger partial charge in [-0.1, -0.05) is 23.7 Å². The molecule has 0 fully saturated rings. The lowest BCUT2D eigenvalue weighted by Gasteiger charge is -2.07. The standard InChI is InChI=1S/C11H9ClN2O3/c1-6-3-2-4-7(12)9(6)14-11-13-8(5-17-11)10(15)16/h2-5H,1H3,(H,13,14)(H,15,16). The van der Waals surface area contributed by atoms with Gasteiger partial charge in [0.2, 0.25) is 0 Å². The van der Waals surface area contributed by atoms with Crippen molar-refractivity contribution in [3.05, 3.63) is 40.7 Å². The summed E-state index contributed by atoms with van der Waals surface area (Å²) in [6.45, 7) is 1.87. The highest BCUT2D eigenvalue weighted by molar-refractivity contribution is 6.33. The molecule has 0 bridgehead atoms. The zero-order valence-corrected chi connectivity index (χ0v) is 9.65. The first-order valence-corrected chi connectivity index (χ1v) is 5.16. The molecule has 0 amide bonds. The first-order chi connectivity index (χ1) is 8.08. The van der Waals surface area contributed by atoms with E-state index in [9.17, 15) is 4.79 Å². The Morgan fingerprint density at radius 1 is 1.53 bits per heavy atom. The Hall–Kier alpha value is -2.01. The summed E-state index contributed by atoms with van der Waals surface area (Å²) < 4.78 is 4.98. The van der Waals surface area contributed by atoms with Gasteiger partial charge in [0, 0.05) is 0 Å². The van der Waals surface area contributed by atoms with Crippen molar-refractivity contribution in [1.29, 1.82) is 0 Å². The third kappa shape index (κ3) is 2.39. The number of halogens is 1. The Bertz CT molecular complexity index is 545. The van der Waals surface area contributed by atoms with Crippen LogP contribution in [0, 0.1) is 6.92 Å². The molecule has 2 N–H and O–H groups in total. The molecule has 0 aliphatic heterocycles. The summed E-state index contributed by atoms with van der Waals surface area (Å²) >= 11 is 6.00. The number of aromatic nitrogens is 1. The number of para-hydroxylation sites is 1. The van der Waals surface area contributed by atoms with E-state index in [1.165, 1.54) is 0 Å². The Kier molecular flexibility index (Phi) is 3.01. The van der Waals surface area contributed by atoms with Crippen LogP contribution in [0.3, 0.4) is 0 Å². The minimum absolute atomic E-state index is 0.0959. The second-order valence-corrected chi connectivity index (χ2v) is 3.81. The van der Waals surface area contributed by atoms with Gasteiger partial charge >= 0.3 is 5.97 Å². The van der Waals surface area contributed by atoms with Crippen LogP contribution < -0.4 is 5.32 Å². The molecule has 88 valence electrons. The molecule has 0 atom stereocenters. The number of benzene rings is 1. The predicted octanol–water partition coefficient (Wildman–Crippen LogP) is 3.08. The van der Waals surface area contributed by atoms with Crippen LogP contribution >= 0.6 is 11.6 Å². The van der Waals surface area contributed by atoms with Gasteiger partial charge < -0.3 is 14.8 Å². The monoisotopic (exact) mass is 252 g/mol. The van der Waals surface area contributed by atoms with Gasteiger partial charge in [-0.15, -0.1) is 0 Å². The first-order valence-electron chi connectivity index (χ1n) is 4.79. The van der Waals surface area contributed by atoms with Crippen LogP contribution in [0.15, 0.2) is 28.9 Å². The highest BCUT2D eigenvalue weighted by atomic mass is 35.5. The number of rotatable bonds is 3. The summed E-state index contributed by atoms with van der Waals surface area (Å²) in [6.07, 6.45) is 1.07. The minimum Gasteiger partial charge on any atom is -0.476 e. The number of carboxylic acids is 1. The number of carboxylic acid groups (broad SMARTS) is 1. The maximum absolute atomic E-state index is 10.6. The largest absolute Gasteiger partial charge is 0.476 e. The van der Waals surface area contributed by atoms with Gasteiger partial charge in [-0.25, -0.2) is 4.79 Å². The SMILES string of the molecule is Cc1cccc(Cl)c1Nc1nc(C(=O)O)co1. The summed E-state index contributed by atoms with van der Waals surface area (Å²) in [4.78, 5) is 14.4. The van der Waals surface area contributed by atoms with E-state index in [1.54, 1.807) is 6.07 Å². The summed E-state index contributed by atoms with van der Waals surface area (Å²) in [7, 11) is 0. The van der Waals surface area contributed by atoms with Gasteiger partial charge in [0.25, 0.3) is 6.01 Å². The average molecular weight is 253 g/mol. The van der Waals surface area contributed by atoms with Gasteiger partial charge in [-0.3, -0.25) is 0 Å². The second-order valence-electron chi connectivity index (χ2n) is 3.40. The minimum atomic E-state index is -1.14. The summed E-state index contributed by atoms with van der Waals surface area (Å²) in [5.41, 5.74) is 1.40. The van der Waals surface area contributed by atoms with Gasteiger partial charge in [0.1, 0.15) is 6.26 Å². The Morgan fingerprint density at radius 2 is 2.29 bits per heavy atom. The third-order valence-electron chi connectivity index (χ3n) is 2.18. The fraction of sp³-hybridized carbons (Fsp3) is 0.0909. The lowest BCUT2D eigenvalue weighted by Crippen LogP contribution is -1.98. The molecule has 6 heteroatoms. The molecule has 0 radical (unpaired) electrons. The molecule has 0 spiro atoms. The van der Waals surface area contributed by atoms with Crippen LogP contribution in [-0.4, -0.2) is 16.1 Å². The molecule has 2 aromatic rings. The molecular formula is C11H9ClN2O3. The number of nitrogens with zero attached hydrogens (tertiary/aromatic N) is 1. The summed E-state index contributed by atoms with van der Waals surface area (Å²) in [5, 5.41) is 12.1. The molecule has 17 heavy (non-hydrogen) atoms. The van der Waals surface area contributed by atoms with E-state index in [0.29, 0.717) is 10.7 Å². The van der Waals surface area contributed by atoms with Crippen LogP contribution in [0.1, 0.15) is 16.1 Å². The first kappa shape index (κ1) is 11.5. The van der Waals surface area contributed by atoms with Gasteiger partial charge in [-0.2, -0.15) is 4.98 Å². The Labute approximate surface area is 102 Å².